The van der Waals surface area contributed by atoms with Gasteiger partial charge in [-0.2, -0.15) is 15.0 Å². The van der Waals surface area contributed by atoms with Crippen LogP contribution in [0.15, 0.2) is 0 Å². The lowest BCUT2D eigenvalue weighted by Crippen LogP contribution is -1.92. The quantitative estimate of drug-likeness (QED) is 0.542. The van der Waals surface area contributed by atoms with Gasteiger partial charge < -0.3 is 0 Å². The molecule has 1 aromatic rings. The molecule has 0 aliphatic heterocycles. The van der Waals surface area contributed by atoms with Gasteiger partial charge in [0.2, 0.25) is 0 Å². The smallest absolute Gasteiger partial charge is 0.138 e. The second-order valence-corrected chi connectivity index (χ2v) is 2.46. The zero-order chi connectivity index (χ0) is 6.27. The van der Waals surface area contributed by atoms with Crippen LogP contribution < -0.4 is 0 Å². The van der Waals surface area contributed by atoms with Crippen molar-refractivity contribution in [1.82, 2.24) is 15.0 Å². The molecule has 0 aromatic carbocycles. The molecule has 1 radical (unpaired) electrons. The molecule has 0 spiro atoms. The zero-order valence-electron chi connectivity index (χ0n) is 5.33. The molecule has 0 saturated heterocycles. The number of aromatic nitrogens is 3. The third-order valence-corrected chi connectivity index (χ3v) is 1.53. The number of aryl methyl sites for hydroxylation is 1. The predicted molar refractivity (Wildman–Crippen MR) is 31.8 cm³/mol. The van der Waals surface area contributed by atoms with Crippen molar-refractivity contribution in [2.45, 2.75) is 18.8 Å². The molecule has 1 aliphatic carbocycles. The lowest BCUT2D eigenvalue weighted by Gasteiger charge is -1.82. The van der Waals surface area contributed by atoms with Gasteiger partial charge in [-0.25, -0.2) is 0 Å². The van der Waals surface area contributed by atoms with E-state index < -0.39 is 0 Å². The highest BCUT2D eigenvalue weighted by Gasteiger charge is 2.26. The van der Waals surface area contributed by atoms with E-state index in [-0.39, 0.29) is 0 Å². The van der Waals surface area contributed by atoms with Gasteiger partial charge in [0.25, 0.3) is 0 Å². The molecular formula is C6H8N3. The number of hydrogen-bond acceptors (Lipinski definition) is 2. The van der Waals surface area contributed by atoms with Gasteiger partial charge in [0.05, 0.1) is 5.69 Å². The maximum Gasteiger partial charge on any atom is 0.138 e. The molecule has 1 saturated carbocycles. The summed E-state index contributed by atoms with van der Waals surface area (Å²) in [6.45, 7) is 0. The minimum Gasteiger partial charge on any atom is -0.187 e. The molecule has 3 heteroatoms. The highest BCUT2D eigenvalue weighted by Crippen LogP contribution is 2.38. The summed E-state index contributed by atoms with van der Waals surface area (Å²) in [5.41, 5.74) is 1.04. The van der Waals surface area contributed by atoms with Crippen LogP contribution in [0.5, 0.6) is 0 Å². The fraction of sp³-hybridized carbons (Fsp3) is 0.667. The van der Waals surface area contributed by atoms with Crippen molar-refractivity contribution in [3.63, 3.8) is 0 Å². The Balaban J connectivity index is 2.28. The van der Waals surface area contributed by atoms with Crippen molar-refractivity contribution in [3.8, 4) is 0 Å². The largest absolute Gasteiger partial charge is 0.187 e. The maximum absolute atomic E-state index is 4.12. The van der Waals surface area contributed by atoms with Gasteiger partial charge in [-0.1, -0.05) is 0 Å². The van der Waals surface area contributed by atoms with Crippen LogP contribution in [0.2, 0.25) is 0 Å². The Labute approximate surface area is 53.7 Å². The van der Waals surface area contributed by atoms with E-state index in [4.69, 9.17) is 0 Å². The fourth-order valence-corrected chi connectivity index (χ4v) is 0.854. The number of hydrogen-bond donors (Lipinski definition) is 0. The first-order valence-electron chi connectivity index (χ1n) is 3.15. The van der Waals surface area contributed by atoms with Crippen LogP contribution in [0.4, 0.5) is 0 Å². The SMILES string of the molecule is Cn1n[c]c(C2CC2)n1. The van der Waals surface area contributed by atoms with E-state index in [0.29, 0.717) is 5.92 Å². The van der Waals surface area contributed by atoms with E-state index in [0.717, 1.165) is 5.69 Å². The predicted octanol–water partition coefficient (Wildman–Crippen LogP) is 0.493. The first-order chi connectivity index (χ1) is 4.36. The van der Waals surface area contributed by atoms with E-state index in [2.05, 4.69) is 16.4 Å². The van der Waals surface area contributed by atoms with Crippen molar-refractivity contribution in [1.29, 1.82) is 0 Å². The highest BCUT2D eigenvalue weighted by molar-refractivity contribution is 5.06. The Morgan fingerprint density at radius 2 is 2.44 bits per heavy atom. The van der Waals surface area contributed by atoms with E-state index in [1.165, 1.54) is 12.8 Å². The molecule has 0 amide bonds. The fourth-order valence-electron chi connectivity index (χ4n) is 0.854. The average molecular weight is 122 g/mol. The minimum atomic E-state index is 0.679. The van der Waals surface area contributed by atoms with E-state index in [9.17, 15) is 0 Å². The third-order valence-electron chi connectivity index (χ3n) is 1.53. The van der Waals surface area contributed by atoms with Crippen molar-refractivity contribution in [2.75, 3.05) is 0 Å². The van der Waals surface area contributed by atoms with E-state index in [1.807, 2.05) is 7.05 Å². The summed E-state index contributed by atoms with van der Waals surface area (Å²) in [4.78, 5) is 1.56. The van der Waals surface area contributed by atoms with Crippen molar-refractivity contribution >= 4 is 0 Å². The monoisotopic (exact) mass is 122 g/mol. The molecule has 0 N–H and O–H groups in total. The first-order valence-corrected chi connectivity index (χ1v) is 3.15. The molecule has 1 heterocycles. The molecule has 3 nitrogen and oxygen atoms in total. The standard InChI is InChI=1S/C6H8N3/c1-9-7-4-6(8-9)5-2-3-5/h5H,2-3H2,1H3. The molecule has 0 bridgehead atoms. The molecule has 0 atom stereocenters. The van der Waals surface area contributed by atoms with E-state index in [1.54, 1.807) is 4.80 Å². The van der Waals surface area contributed by atoms with Gasteiger partial charge in [-0.15, -0.1) is 0 Å². The van der Waals surface area contributed by atoms with Gasteiger partial charge in [-0.05, 0) is 12.8 Å². The van der Waals surface area contributed by atoms with Crippen LogP contribution in [-0.4, -0.2) is 15.0 Å². The summed E-state index contributed by atoms with van der Waals surface area (Å²) in [5, 5.41) is 7.98. The van der Waals surface area contributed by atoms with Crippen LogP contribution in [0.3, 0.4) is 0 Å². The van der Waals surface area contributed by atoms with Gasteiger partial charge in [-0.3, -0.25) is 0 Å². The Hall–Kier alpha value is -0.860. The van der Waals surface area contributed by atoms with Crippen LogP contribution in [-0.2, 0) is 7.05 Å². The Morgan fingerprint density at radius 3 is 2.89 bits per heavy atom. The summed E-state index contributed by atoms with van der Waals surface area (Å²) in [5.74, 6) is 0.679. The van der Waals surface area contributed by atoms with Crippen LogP contribution in [0.25, 0.3) is 0 Å². The zero-order valence-corrected chi connectivity index (χ0v) is 5.33. The Kier molecular flexibility index (Phi) is 0.860. The summed E-state index contributed by atoms with van der Waals surface area (Å²) in [7, 11) is 1.82. The summed E-state index contributed by atoms with van der Waals surface area (Å²) >= 11 is 0. The summed E-state index contributed by atoms with van der Waals surface area (Å²) in [6, 6.07) is 0. The molecular weight excluding hydrogens is 114 g/mol. The highest BCUT2D eigenvalue weighted by atomic mass is 15.4. The van der Waals surface area contributed by atoms with Gasteiger partial charge in [0.1, 0.15) is 6.20 Å². The van der Waals surface area contributed by atoms with Crippen molar-refractivity contribution in [3.05, 3.63) is 11.9 Å². The lowest BCUT2D eigenvalue weighted by molar-refractivity contribution is 0.644. The van der Waals surface area contributed by atoms with Crippen LogP contribution in [0, 0.1) is 6.20 Å². The second kappa shape index (κ2) is 1.56. The Morgan fingerprint density at radius 1 is 1.67 bits per heavy atom. The topological polar surface area (TPSA) is 30.7 Å². The molecule has 47 valence electrons. The average Bonchev–Trinajstić information content (AvgIpc) is 2.58. The molecule has 2 rings (SSSR count). The molecule has 1 aromatic heterocycles. The molecule has 1 aliphatic rings. The normalized spacial score (nSPS) is 18.3. The second-order valence-electron chi connectivity index (χ2n) is 2.46. The Bertz CT molecular complexity index is 212. The minimum absolute atomic E-state index is 0.679. The first kappa shape index (κ1) is 4.97. The van der Waals surface area contributed by atoms with Gasteiger partial charge in [0, 0.05) is 13.0 Å². The van der Waals surface area contributed by atoms with Crippen molar-refractivity contribution < 1.29 is 0 Å². The molecule has 0 unspecified atom stereocenters. The van der Waals surface area contributed by atoms with Crippen LogP contribution >= 0.6 is 0 Å². The van der Waals surface area contributed by atoms with Crippen LogP contribution in [0.1, 0.15) is 24.5 Å². The van der Waals surface area contributed by atoms with E-state index >= 15 is 0 Å². The summed E-state index contributed by atoms with van der Waals surface area (Å²) < 4.78 is 0. The van der Waals surface area contributed by atoms with Gasteiger partial charge in [0.15, 0.2) is 0 Å². The number of rotatable bonds is 1. The van der Waals surface area contributed by atoms with Gasteiger partial charge >= 0.3 is 0 Å². The third kappa shape index (κ3) is 0.823. The van der Waals surface area contributed by atoms with Crippen molar-refractivity contribution in [2.24, 2.45) is 7.05 Å². The maximum atomic E-state index is 4.12. The number of nitrogens with zero attached hydrogens (tertiary/aromatic N) is 3. The lowest BCUT2D eigenvalue weighted by atomic mass is 10.3. The molecule has 9 heavy (non-hydrogen) atoms. The molecule has 1 fully saturated rings. The summed E-state index contributed by atoms with van der Waals surface area (Å²) in [6.07, 6.45) is 5.42.